The molecule has 2 aliphatic rings. The number of benzene rings is 4. The molecule has 2 saturated heterocycles. The summed E-state index contributed by atoms with van der Waals surface area (Å²) in [5.74, 6) is 2.92. The maximum atomic E-state index is 12.5. The van der Waals surface area contributed by atoms with Crippen molar-refractivity contribution in [3.05, 3.63) is 108 Å². The van der Waals surface area contributed by atoms with Gasteiger partial charge in [0.2, 0.25) is 0 Å². The molecule has 2 unspecified atom stereocenters. The average molecular weight is 683 g/mol. The first-order valence-electron chi connectivity index (χ1n) is 17.2. The van der Waals surface area contributed by atoms with Gasteiger partial charge < -0.3 is 37.9 Å². The Bertz CT molecular complexity index is 1500. The van der Waals surface area contributed by atoms with E-state index in [1.165, 1.54) is 0 Å². The second-order valence-electron chi connectivity index (χ2n) is 12.1. The lowest BCUT2D eigenvalue weighted by molar-refractivity contribution is 0.0725. The third-order valence-corrected chi connectivity index (χ3v) is 8.00. The Morgan fingerprint density at radius 3 is 1.10 bits per heavy atom. The van der Waals surface area contributed by atoms with Gasteiger partial charge in [0.05, 0.1) is 37.6 Å². The van der Waals surface area contributed by atoms with Crippen LogP contribution in [0.15, 0.2) is 97.1 Å². The zero-order chi connectivity index (χ0) is 34.4. The number of esters is 2. The molecule has 4 aromatic carbocycles. The Morgan fingerprint density at radius 1 is 0.440 bits per heavy atom. The van der Waals surface area contributed by atoms with E-state index in [4.69, 9.17) is 37.9 Å². The maximum Gasteiger partial charge on any atom is 0.343 e. The molecule has 0 N–H and O–H groups in total. The van der Waals surface area contributed by atoms with Gasteiger partial charge in [-0.15, -0.1) is 0 Å². The molecule has 2 aliphatic heterocycles. The van der Waals surface area contributed by atoms with Crippen LogP contribution in [-0.4, -0.2) is 63.8 Å². The van der Waals surface area contributed by atoms with E-state index in [0.717, 1.165) is 63.2 Å². The van der Waals surface area contributed by atoms with Gasteiger partial charge >= 0.3 is 11.9 Å². The molecule has 0 radical (unpaired) electrons. The van der Waals surface area contributed by atoms with Gasteiger partial charge in [-0.3, -0.25) is 0 Å². The van der Waals surface area contributed by atoms with E-state index in [-0.39, 0.29) is 12.2 Å². The summed E-state index contributed by atoms with van der Waals surface area (Å²) in [6.45, 7) is 3.77. The van der Waals surface area contributed by atoms with Crippen molar-refractivity contribution in [1.29, 1.82) is 0 Å². The number of hydrogen-bond donors (Lipinski definition) is 0. The second-order valence-corrected chi connectivity index (χ2v) is 12.1. The summed E-state index contributed by atoms with van der Waals surface area (Å²) in [4.78, 5) is 25.0. The van der Waals surface area contributed by atoms with Crippen molar-refractivity contribution in [2.75, 3.05) is 39.6 Å². The molecule has 0 spiro atoms. The van der Waals surface area contributed by atoms with Crippen LogP contribution in [0.2, 0.25) is 0 Å². The summed E-state index contributed by atoms with van der Waals surface area (Å²) in [5, 5.41) is 0. The number of hydrogen-bond acceptors (Lipinski definition) is 10. The third-order valence-electron chi connectivity index (χ3n) is 8.00. The summed E-state index contributed by atoms with van der Waals surface area (Å²) < 4.78 is 44.2. The summed E-state index contributed by atoms with van der Waals surface area (Å²) in [6.07, 6.45) is 6.73. The highest BCUT2D eigenvalue weighted by Crippen LogP contribution is 2.23. The molecular weight excluding hydrogens is 640 g/mol. The van der Waals surface area contributed by atoms with Crippen LogP contribution in [0.4, 0.5) is 0 Å². The van der Waals surface area contributed by atoms with Gasteiger partial charge in [-0.25, -0.2) is 9.59 Å². The third kappa shape index (κ3) is 11.8. The van der Waals surface area contributed by atoms with Crippen LogP contribution in [0.25, 0.3) is 0 Å². The van der Waals surface area contributed by atoms with Gasteiger partial charge in [-0.05, 0) is 110 Å². The zero-order valence-corrected chi connectivity index (χ0v) is 28.0. The van der Waals surface area contributed by atoms with Gasteiger partial charge in [0.1, 0.15) is 59.9 Å². The topological polar surface area (TPSA) is 115 Å². The molecule has 0 bridgehead atoms. The average Bonchev–Trinajstić information content (AvgIpc) is 4.09. The van der Waals surface area contributed by atoms with Gasteiger partial charge in [0.25, 0.3) is 0 Å². The number of carbonyl (C=O) groups excluding carboxylic acids is 2. The highest BCUT2D eigenvalue weighted by Gasteiger charge is 2.24. The predicted octanol–water partition coefficient (Wildman–Crippen LogP) is 7.48. The zero-order valence-electron chi connectivity index (χ0n) is 28.0. The van der Waals surface area contributed by atoms with Gasteiger partial charge in [0.15, 0.2) is 0 Å². The fourth-order valence-corrected chi connectivity index (χ4v) is 4.91. The molecule has 0 aromatic heterocycles. The van der Waals surface area contributed by atoms with Crippen molar-refractivity contribution in [1.82, 2.24) is 0 Å². The molecule has 4 aromatic rings. The van der Waals surface area contributed by atoms with Crippen molar-refractivity contribution in [3.63, 3.8) is 0 Å². The van der Waals surface area contributed by atoms with Crippen molar-refractivity contribution >= 4 is 11.9 Å². The lowest BCUT2D eigenvalue weighted by Gasteiger charge is -2.09. The Morgan fingerprint density at radius 2 is 0.740 bits per heavy atom. The molecule has 6 rings (SSSR count). The van der Waals surface area contributed by atoms with Crippen molar-refractivity contribution in [2.24, 2.45) is 0 Å². The van der Waals surface area contributed by atoms with E-state index in [9.17, 15) is 9.59 Å². The Hall–Kier alpha value is -5.06. The molecular formula is C40H42O10. The smallest absolute Gasteiger partial charge is 0.343 e. The molecule has 50 heavy (non-hydrogen) atoms. The molecule has 0 aliphatic carbocycles. The minimum atomic E-state index is -0.429. The summed E-state index contributed by atoms with van der Waals surface area (Å²) in [5.41, 5.74) is 0.898. The molecule has 262 valence electrons. The fourth-order valence-electron chi connectivity index (χ4n) is 4.91. The van der Waals surface area contributed by atoms with E-state index in [1.807, 2.05) is 24.3 Å². The van der Waals surface area contributed by atoms with Crippen LogP contribution >= 0.6 is 0 Å². The van der Waals surface area contributed by atoms with Crippen molar-refractivity contribution in [2.45, 2.75) is 50.7 Å². The lowest BCUT2D eigenvalue weighted by Crippen LogP contribution is -2.09. The van der Waals surface area contributed by atoms with Crippen LogP contribution in [0.5, 0.6) is 34.5 Å². The Labute approximate surface area is 292 Å². The number of unbranched alkanes of at least 4 members (excludes halogenated alkanes) is 5. The second kappa shape index (κ2) is 18.1. The van der Waals surface area contributed by atoms with Crippen LogP contribution in [0.1, 0.15) is 59.2 Å². The fraction of sp³-hybridized carbons (Fsp3) is 0.350. The van der Waals surface area contributed by atoms with Crippen LogP contribution < -0.4 is 28.4 Å². The largest absolute Gasteiger partial charge is 0.494 e. The van der Waals surface area contributed by atoms with Crippen LogP contribution in [-0.2, 0) is 9.47 Å². The number of epoxide rings is 2. The Kier molecular flexibility index (Phi) is 12.6. The monoisotopic (exact) mass is 682 g/mol. The highest BCUT2D eigenvalue weighted by molar-refractivity contribution is 5.91. The van der Waals surface area contributed by atoms with E-state index in [2.05, 4.69) is 0 Å². The summed E-state index contributed by atoms with van der Waals surface area (Å²) in [7, 11) is 0. The number of rotatable bonds is 21. The summed E-state index contributed by atoms with van der Waals surface area (Å²) in [6, 6.07) is 27.9. The number of carbonyl (C=O) groups is 2. The number of ether oxygens (including phenoxy) is 8. The van der Waals surface area contributed by atoms with Gasteiger partial charge in [0, 0.05) is 0 Å². The molecule has 10 heteroatoms. The predicted molar refractivity (Wildman–Crippen MR) is 185 cm³/mol. The van der Waals surface area contributed by atoms with E-state index in [0.29, 0.717) is 60.6 Å². The highest BCUT2D eigenvalue weighted by atomic mass is 16.6. The molecule has 0 amide bonds. The SMILES string of the molecule is O=C(Oc1ccc(OCCCCCCCCOc2ccc(OC(=O)c3ccc(OCC4CO4)cc3)cc2)cc1)c1ccc(OCC2CO2)cc1. The molecule has 2 fully saturated rings. The van der Waals surface area contributed by atoms with Gasteiger partial charge in [-0.1, -0.05) is 25.7 Å². The molecule has 0 saturated carbocycles. The molecule has 2 atom stereocenters. The first-order chi connectivity index (χ1) is 24.6. The minimum Gasteiger partial charge on any atom is -0.494 e. The lowest BCUT2D eigenvalue weighted by atomic mass is 10.1. The van der Waals surface area contributed by atoms with Crippen molar-refractivity contribution in [3.8, 4) is 34.5 Å². The van der Waals surface area contributed by atoms with E-state index < -0.39 is 11.9 Å². The molecule has 10 nitrogen and oxygen atoms in total. The standard InChI is InChI=1S/C40H42O10/c41-39(29-7-11-33(12-8-29)45-25-37-27-47-37)49-35-19-15-31(16-20-35)43-23-5-3-1-2-4-6-24-44-32-17-21-36(22-18-32)50-40(42)30-9-13-34(14-10-30)46-26-38-28-48-38/h7-22,37-38H,1-6,23-28H2. The maximum absolute atomic E-state index is 12.5. The normalized spacial score (nSPS) is 15.8. The first-order valence-corrected chi connectivity index (χ1v) is 17.2. The Balaban J connectivity index is 0.768. The van der Waals surface area contributed by atoms with E-state index >= 15 is 0 Å². The first kappa shape index (κ1) is 34.8. The van der Waals surface area contributed by atoms with Crippen LogP contribution in [0.3, 0.4) is 0 Å². The summed E-state index contributed by atoms with van der Waals surface area (Å²) >= 11 is 0. The van der Waals surface area contributed by atoms with Crippen molar-refractivity contribution < 1.29 is 47.5 Å². The van der Waals surface area contributed by atoms with Gasteiger partial charge in [-0.2, -0.15) is 0 Å². The molecule has 2 heterocycles. The van der Waals surface area contributed by atoms with Crippen LogP contribution in [0, 0.1) is 0 Å². The quantitative estimate of drug-likeness (QED) is 0.0379. The van der Waals surface area contributed by atoms with E-state index in [1.54, 1.807) is 72.8 Å². The minimum absolute atomic E-state index is 0.181.